The van der Waals surface area contributed by atoms with Gasteiger partial charge >= 0.3 is 0 Å². The number of carbonyl (C=O) groups is 1. The first-order valence-corrected chi connectivity index (χ1v) is 9.67. The van der Waals surface area contributed by atoms with Crippen molar-refractivity contribution in [3.05, 3.63) is 23.6 Å². The predicted octanol–water partition coefficient (Wildman–Crippen LogP) is 2.52. The van der Waals surface area contributed by atoms with Crippen molar-refractivity contribution in [2.75, 3.05) is 25.1 Å². The summed E-state index contributed by atoms with van der Waals surface area (Å²) in [5.41, 5.74) is 0. The second-order valence-electron chi connectivity index (χ2n) is 3.46. The first-order chi connectivity index (χ1) is 9.59. The third kappa shape index (κ3) is 6.58. The highest BCUT2D eigenvalue weighted by Gasteiger charge is 2.12. The average molecular weight is 335 g/mol. The SMILES string of the molecule is CCOP(=S)(C=CNCC(=O)Nc1nccs1)OCC. The van der Waals surface area contributed by atoms with E-state index in [2.05, 4.69) is 15.6 Å². The van der Waals surface area contributed by atoms with Crippen molar-refractivity contribution in [1.82, 2.24) is 10.3 Å². The molecule has 0 aliphatic carbocycles. The van der Waals surface area contributed by atoms with Gasteiger partial charge in [0.05, 0.1) is 19.8 Å². The molecule has 1 aromatic heterocycles. The molecule has 0 saturated carbocycles. The van der Waals surface area contributed by atoms with E-state index in [9.17, 15) is 4.79 Å². The normalized spacial score (nSPS) is 11.7. The fourth-order valence-electron chi connectivity index (χ4n) is 1.23. The number of hydrogen-bond acceptors (Lipinski definition) is 7. The fourth-order valence-corrected chi connectivity index (χ4v) is 3.84. The summed E-state index contributed by atoms with van der Waals surface area (Å²) in [6, 6.07) is 0. The van der Waals surface area contributed by atoms with Gasteiger partial charge in [0.25, 0.3) is 0 Å². The van der Waals surface area contributed by atoms with Crippen molar-refractivity contribution >= 4 is 40.7 Å². The molecule has 20 heavy (non-hydrogen) atoms. The number of hydrogen-bond donors (Lipinski definition) is 2. The zero-order chi connectivity index (χ0) is 14.8. The van der Waals surface area contributed by atoms with Crippen molar-refractivity contribution in [2.45, 2.75) is 13.8 Å². The Morgan fingerprint density at radius 3 is 2.75 bits per heavy atom. The molecule has 112 valence electrons. The van der Waals surface area contributed by atoms with Gasteiger partial charge in [-0.25, -0.2) is 4.98 Å². The number of nitrogens with one attached hydrogen (secondary N) is 2. The summed E-state index contributed by atoms with van der Waals surface area (Å²) < 4.78 is 10.9. The number of thiazole rings is 1. The summed E-state index contributed by atoms with van der Waals surface area (Å²) in [6.45, 7) is 2.45. The Bertz CT molecular complexity index is 469. The highest BCUT2D eigenvalue weighted by Crippen LogP contribution is 2.49. The van der Waals surface area contributed by atoms with E-state index in [4.69, 9.17) is 20.9 Å². The van der Waals surface area contributed by atoms with Gasteiger partial charge in [-0.2, -0.15) is 0 Å². The van der Waals surface area contributed by atoms with Crippen LogP contribution in [0, 0.1) is 0 Å². The molecule has 0 unspecified atom stereocenters. The topological polar surface area (TPSA) is 72.5 Å². The maximum Gasteiger partial charge on any atom is 0.245 e. The molecular weight excluding hydrogens is 317 g/mol. The Morgan fingerprint density at radius 2 is 2.20 bits per heavy atom. The molecule has 0 fully saturated rings. The number of nitrogens with zero attached hydrogens (tertiary/aromatic N) is 1. The van der Waals surface area contributed by atoms with E-state index >= 15 is 0 Å². The molecule has 2 N–H and O–H groups in total. The Morgan fingerprint density at radius 1 is 1.50 bits per heavy atom. The van der Waals surface area contributed by atoms with Crippen LogP contribution in [0.5, 0.6) is 0 Å². The minimum Gasteiger partial charge on any atom is -0.382 e. The maximum absolute atomic E-state index is 11.6. The summed E-state index contributed by atoms with van der Waals surface area (Å²) in [7, 11) is 0. The number of amides is 1. The number of aromatic nitrogens is 1. The fraction of sp³-hybridized carbons (Fsp3) is 0.455. The molecule has 1 rings (SSSR count). The van der Waals surface area contributed by atoms with Gasteiger partial charge in [-0.3, -0.25) is 4.79 Å². The molecule has 0 radical (unpaired) electrons. The summed E-state index contributed by atoms with van der Waals surface area (Å²) in [5, 5.41) is 7.89. The molecule has 9 heteroatoms. The highest BCUT2D eigenvalue weighted by molar-refractivity contribution is 8.11. The van der Waals surface area contributed by atoms with E-state index in [1.54, 1.807) is 23.6 Å². The second-order valence-corrected chi connectivity index (χ2v) is 7.77. The van der Waals surface area contributed by atoms with Crippen LogP contribution in [-0.4, -0.2) is 30.6 Å². The van der Waals surface area contributed by atoms with Gasteiger partial charge < -0.3 is 19.7 Å². The summed E-state index contributed by atoms with van der Waals surface area (Å²) in [4.78, 5) is 15.5. The van der Waals surface area contributed by atoms with Crippen LogP contribution in [0.3, 0.4) is 0 Å². The van der Waals surface area contributed by atoms with Gasteiger partial charge in [0.2, 0.25) is 12.4 Å². The molecule has 0 atom stereocenters. The number of anilines is 1. The van der Waals surface area contributed by atoms with E-state index < -0.39 is 6.49 Å². The van der Waals surface area contributed by atoms with E-state index in [0.717, 1.165) is 0 Å². The predicted molar refractivity (Wildman–Crippen MR) is 85.4 cm³/mol. The van der Waals surface area contributed by atoms with Crippen molar-refractivity contribution in [3.8, 4) is 0 Å². The van der Waals surface area contributed by atoms with Crippen LogP contribution >= 0.6 is 17.8 Å². The van der Waals surface area contributed by atoms with Crippen LogP contribution in [0.1, 0.15) is 13.8 Å². The molecule has 1 aromatic rings. The van der Waals surface area contributed by atoms with Crippen LogP contribution < -0.4 is 10.6 Å². The van der Waals surface area contributed by atoms with Crippen molar-refractivity contribution in [1.29, 1.82) is 0 Å². The van der Waals surface area contributed by atoms with Crippen LogP contribution in [0.2, 0.25) is 0 Å². The van der Waals surface area contributed by atoms with Crippen LogP contribution in [-0.2, 0) is 25.6 Å². The first-order valence-electron chi connectivity index (χ1n) is 6.09. The molecule has 1 heterocycles. The molecule has 6 nitrogen and oxygen atoms in total. The van der Waals surface area contributed by atoms with E-state index in [1.807, 2.05) is 13.8 Å². The molecule has 0 aliphatic rings. The van der Waals surface area contributed by atoms with Gasteiger partial charge in [-0.05, 0) is 25.7 Å². The lowest BCUT2D eigenvalue weighted by Crippen LogP contribution is -2.24. The molecule has 0 aromatic carbocycles. The Hall–Kier alpha value is -0.790. The summed E-state index contributed by atoms with van der Waals surface area (Å²) in [6.07, 6.45) is 3.24. The second kappa shape index (κ2) is 9.20. The van der Waals surface area contributed by atoms with E-state index in [0.29, 0.717) is 18.3 Å². The smallest absolute Gasteiger partial charge is 0.245 e. The Labute approximate surface area is 127 Å². The van der Waals surface area contributed by atoms with Crippen molar-refractivity contribution in [2.24, 2.45) is 0 Å². The average Bonchev–Trinajstić information content (AvgIpc) is 2.88. The maximum atomic E-state index is 11.6. The van der Waals surface area contributed by atoms with E-state index in [1.165, 1.54) is 11.3 Å². The van der Waals surface area contributed by atoms with Gasteiger partial charge in [-0.1, -0.05) is 0 Å². The summed E-state index contributed by atoms with van der Waals surface area (Å²) in [5.74, 6) is 1.50. The standard InChI is InChI=1S/C11H18N3O3PS2/c1-3-16-18(19,17-4-2)7-5-12-9-10(15)14-11-13-6-8-20-11/h5-8,12H,3-4,9H2,1-2H3,(H,13,14,15). The molecule has 0 aliphatic heterocycles. The van der Waals surface area contributed by atoms with E-state index in [-0.39, 0.29) is 12.5 Å². The molecule has 0 bridgehead atoms. The Balaban J connectivity index is 2.36. The largest absolute Gasteiger partial charge is 0.382 e. The number of rotatable bonds is 9. The van der Waals surface area contributed by atoms with Gasteiger partial charge in [0.15, 0.2) is 5.13 Å². The molecule has 0 saturated heterocycles. The van der Waals surface area contributed by atoms with Gasteiger partial charge in [0.1, 0.15) is 0 Å². The highest BCUT2D eigenvalue weighted by atomic mass is 32.5. The first kappa shape index (κ1) is 17.3. The van der Waals surface area contributed by atoms with Gasteiger partial charge in [0, 0.05) is 23.6 Å². The van der Waals surface area contributed by atoms with Crippen LogP contribution in [0.15, 0.2) is 23.6 Å². The molecule has 1 amide bonds. The third-order valence-electron chi connectivity index (χ3n) is 1.93. The lowest BCUT2D eigenvalue weighted by atomic mass is 10.6. The third-order valence-corrected chi connectivity index (χ3v) is 5.37. The van der Waals surface area contributed by atoms with Crippen molar-refractivity contribution < 1.29 is 13.8 Å². The monoisotopic (exact) mass is 335 g/mol. The lowest BCUT2D eigenvalue weighted by molar-refractivity contribution is -0.115. The minimum atomic E-state index is -2.39. The Kier molecular flexibility index (Phi) is 7.94. The zero-order valence-electron chi connectivity index (χ0n) is 11.4. The van der Waals surface area contributed by atoms with Crippen LogP contribution in [0.4, 0.5) is 5.13 Å². The number of carbonyl (C=O) groups excluding carboxylic acids is 1. The van der Waals surface area contributed by atoms with Crippen LogP contribution in [0.25, 0.3) is 0 Å². The summed E-state index contributed by atoms with van der Waals surface area (Å²) >= 11 is 6.67. The molecule has 0 spiro atoms. The quantitative estimate of drug-likeness (QED) is 0.676. The van der Waals surface area contributed by atoms with Gasteiger partial charge in [-0.15, -0.1) is 11.3 Å². The van der Waals surface area contributed by atoms with Crippen molar-refractivity contribution in [3.63, 3.8) is 0 Å². The lowest BCUT2D eigenvalue weighted by Gasteiger charge is -2.16. The minimum absolute atomic E-state index is 0.129. The molecular formula is C11H18N3O3PS2. The zero-order valence-corrected chi connectivity index (χ0v) is 13.9.